The Morgan fingerprint density at radius 3 is 2.57 bits per heavy atom. The summed E-state index contributed by atoms with van der Waals surface area (Å²) < 4.78 is 24.6. The van der Waals surface area contributed by atoms with E-state index in [0.717, 1.165) is 0 Å². The van der Waals surface area contributed by atoms with Crippen LogP contribution in [0.25, 0.3) is 0 Å². The normalized spacial score (nSPS) is 11.7. The van der Waals surface area contributed by atoms with Crippen molar-refractivity contribution in [2.75, 3.05) is 11.9 Å². The standard InChI is InChI=1S/C18H20FNO3/c1-4-22-16-7-5-6-8-17(16)23-13(3)18(21)20-14-10-9-12(2)15(19)11-14/h5-11,13H,4H2,1-3H3,(H,20,21)/t13-/m1/s1. The first-order valence-electron chi connectivity index (χ1n) is 7.46. The molecule has 0 saturated heterocycles. The third kappa shape index (κ3) is 4.45. The molecular weight excluding hydrogens is 297 g/mol. The number of carbonyl (C=O) groups excluding carboxylic acids is 1. The first-order chi connectivity index (χ1) is 11.0. The zero-order valence-electron chi connectivity index (χ0n) is 13.4. The maximum absolute atomic E-state index is 13.5. The zero-order chi connectivity index (χ0) is 16.8. The zero-order valence-corrected chi connectivity index (χ0v) is 13.4. The first-order valence-corrected chi connectivity index (χ1v) is 7.46. The van der Waals surface area contributed by atoms with Crippen LogP contribution in [-0.4, -0.2) is 18.6 Å². The maximum Gasteiger partial charge on any atom is 0.265 e. The van der Waals surface area contributed by atoms with E-state index in [2.05, 4.69) is 5.32 Å². The van der Waals surface area contributed by atoms with E-state index in [9.17, 15) is 9.18 Å². The minimum Gasteiger partial charge on any atom is -0.490 e. The molecule has 0 aliphatic rings. The van der Waals surface area contributed by atoms with Crippen molar-refractivity contribution in [3.8, 4) is 11.5 Å². The lowest BCUT2D eigenvalue weighted by Crippen LogP contribution is -2.30. The highest BCUT2D eigenvalue weighted by molar-refractivity contribution is 5.94. The van der Waals surface area contributed by atoms with Crippen LogP contribution in [0.15, 0.2) is 42.5 Å². The van der Waals surface area contributed by atoms with Crippen LogP contribution < -0.4 is 14.8 Å². The average Bonchev–Trinajstić information content (AvgIpc) is 2.53. The fourth-order valence-electron chi connectivity index (χ4n) is 1.98. The van der Waals surface area contributed by atoms with Crippen molar-refractivity contribution in [1.82, 2.24) is 0 Å². The van der Waals surface area contributed by atoms with E-state index < -0.39 is 6.10 Å². The lowest BCUT2D eigenvalue weighted by molar-refractivity contribution is -0.122. The number of rotatable bonds is 6. The highest BCUT2D eigenvalue weighted by Gasteiger charge is 2.17. The smallest absolute Gasteiger partial charge is 0.265 e. The van der Waals surface area contributed by atoms with E-state index in [-0.39, 0.29) is 11.7 Å². The van der Waals surface area contributed by atoms with Gasteiger partial charge in [0, 0.05) is 5.69 Å². The molecule has 2 aromatic rings. The van der Waals surface area contributed by atoms with Crippen molar-refractivity contribution >= 4 is 11.6 Å². The Labute approximate surface area is 135 Å². The summed E-state index contributed by atoms with van der Waals surface area (Å²) >= 11 is 0. The fourth-order valence-corrected chi connectivity index (χ4v) is 1.98. The summed E-state index contributed by atoms with van der Waals surface area (Å²) in [5.41, 5.74) is 0.921. The second-order valence-corrected chi connectivity index (χ2v) is 5.09. The largest absolute Gasteiger partial charge is 0.490 e. The molecule has 0 aromatic heterocycles. The molecule has 0 bridgehead atoms. The molecule has 0 aliphatic heterocycles. The number of hydrogen-bond donors (Lipinski definition) is 1. The molecule has 2 rings (SSSR count). The predicted molar refractivity (Wildman–Crippen MR) is 87.5 cm³/mol. The molecule has 1 atom stereocenters. The topological polar surface area (TPSA) is 47.6 Å². The molecule has 122 valence electrons. The molecule has 0 unspecified atom stereocenters. The second kappa shape index (κ2) is 7.63. The second-order valence-electron chi connectivity index (χ2n) is 5.09. The van der Waals surface area contributed by atoms with Crippen LogP contribution in [0.3, 0.4) is 0 Å². The van der Waals surface area contributed by atoms with Gasteiger partial charge in [-0.2, -0.15) is 0 Å². The molecule has 5 heteroatoms. The molecule has 0 spiro atoms. The average molecular weight is 317 g/mol. The summed E-state index contributed by atoms with van der Waals surface area (Å²) in [6.07, 6.45) is -0.749. The van der Waals surface area contributed by atoms with Crippen LogP contribution in [-0.2, 0) is 4.79 Å². The Morgan fingerprint density at radius 1 is 1.22 bits per heavy atom. The van der Waals surface area contributed by atoms with Crippen LogP contribution in [0, 0.1) is 12.7 Å². The Kier molecular flexibility index (Phi) is 5.57. The Morgan fingerprint density at radius 2 is 1.91 bits per heavy atom. The van der Waals surface area contributed by atoms with Gasteiger partial charge in [-0.25, -0.2) is 4.39 Å². The SMILES string of the molecule is CCOc1ccccc1O[C@H](C)C(=O)Nc1ccc(C)c(F)c1. The summed E-state index contributed by atoms with van der Waals surface area (Å²) in [5, 5.41) is 2.64. The number of nitrogens with one attached hydrogen (secondary N) is 1. The number of para-hydroxylation sites is 2. The van der Waals surface area contributed by atoms with Crippen molar-refractivity contribution in [3.05, 3.63) is 53.8 Å². The third-order valence-electron chi connectivity index (χ3n) is 3.26. The molecule has 2 aromatic carbocycles. The number of carbonyl (C=O) groups is 1. The van der Waals surface area contributed by atoms with Gasteiger partial charge in [0.25, 0.3) is 5.91 Å². The quantitative estimate of drug-likeness (QED) is 0.878. The number of hydrogen-bond acceptors (Lipinski definition) is 3. The van der Waals surface area contributed by atoms with Gasteiger partial charge in [-0.3, -0.25) is 4.79 Å². The molecule has 0 heterocycles. The van der Waals surface area contributed by atoms with E-state index in [1.54, 1.807) is 44.2 Å². The predicted octanol–water partition coefficient (Wildman–Crippen LogP) is 3.94. The summed E-state index contributed by atoms with van der Waals surface area (Å²) in [7, 11) is 0. The first kappa shape index (κ1) is 16.8. The summed E-state index contributed by atoms with van der Waals surface area (Å²) in [6.45, 7) is 5.67. The van der Waals surface area contributed by atoms with E-state index in [4.69, 9.17) is 9.47 Å². The van der Waals surface area contributed by atoms with Crippen LogP contribution in [0.4, 0.5) is 10.1 Å². The van der Waals surface area contributed by atoms with Crippen molar-refractivity contribution in [2.24, 2.45) is 0 Å². The van der Waals surface area contributed by atoms with Gasteiger partial charge in [-0.05, 0) is 50.6 Å². The van der Waals surface area contributed by atoms with Crippen molar-refractivity contribution in [2.45, 2.75) is 26.9 Å². The number of aryl methyl sites for hydroxylation is 1. The number of anilines is 1. The minimum atomic E-state index is -0.749. The van der Waals surface area contributed by atoms with E-state index in [1.807, 2.05) is 13.0 Å². The summed E-state index contributed by atoms with van der Waals surface area (Å²) in [4.78, 5) is 12.2. The minimum absolute atomic E-state index is 0.362. The number of amides is 1. The van der Waals surface area contributed by atoms with Gasteiger partial charge in [0.15, 0.2) is 17.6 Å². The van der Waals surface area contributed by atoms with Crippen molar-refractivity contribution < 1.29 is 18.7 Å². The molecule has 23 heavy (non-hydrogen) atoms. The molecule has 4 nitrogen and oxygen atoms in total. The van der Waals surface area contributed by atoms with E-state index in [0.29, 0.717) is 29.4 Å². The van der Waals surface area contributed by atoms with Gasteiger partial charge in [-0.1, -0.05) is 18.2 Å². The molecule has 0 aliphatic carbocycles. The van der Waals surface area contributed by atoms with Crippen LogP contribution in [0.2, 0.25) is 0 Å². The Hall–Kier alpha value is -2.56. The van der Waals surface area contributed by atoms with Crippen molar-refractivity contribution in [1.29, 1.82) is 0 Å². The van der Waals surface area contributed by atoms with E-state index >= 15 is 0 Å². The number of benzene rings is 2. The van der Waals surface area contributed by atoms with Crippen molar-refractivity contribution in [3.63, 3.8) is 0 Å². The number of ether oxygens (including phenoxy) is 2. The van der Waals surface area contributed by atoms with Crippen LogP contribution >= 0.6 is 0 Å². The van der Waals surface area contributed by atoms with Gasteiger partial charge in [0.1, 0.15) is 5.82 Å². The highest BCUT2D eigenvalue weighted by atomic mass is 19.1. The van der Waals surface area contributed by atoms with Gasteiger partial charge in [0.2, 0.25) is 0 Å². The van der Waals surface area contributed by atoms with Gasteiger partial charge >= 0.3 is 0 Å². The van der Waals surface area contributed by atoms with Gasteiger partial charge < -0.3 is 14.8 Å². The molecule has 1 amide bonds. The highest BCUT2D eigenvalue weighted by Crippen LogP contribution is 2.27. The van der Waals surface area contributed by atoms with Crippen LogP contribution in [0.5, 0.6) is 11.5 Å². The molecule has 0 radical (unpaired) electrons. The molecule has 1 N–H and O–H groups in total. The molecular formula is C18H20FNO3. The monoisotopic (exact) mass is 317 g/mol. The lowest BCUT2D eigenvalue weighted by Gasteiger charge is -2.17. The lowest BCUT2D eigenvalue weighted by atomic mass is 10.2. The maximum atomic E-state index is 13.5. The molecule has 0 fully saturated rings. The molecule has 0 saturated carbocycles. The van der Waals surface area contributed by atoms with Crippen LogP contribution in [0.1, 0.15) is 19.4 Å². The number of halogens is 1. The third-order valence-corrected chi connectivity index (χ3v) is 3.26. The fraction of sp³-hybridized carbons (Fsp3) is 0.278. The summed E-state index contributed by atoms with van der Waals surface area (Å²) in [6, 6.07) is 11.7. The Balaban J connectivity index is 2.04. The Bertz CT molecular complexity index is 688. The summed E-state index contributed by atoms with van der Waals surface area (Å²) in [5.74, 6) is 0.348. The van der Waals surface area contributed by atoms with Gasteiger partial charge in [0.05, 0.1) is 6.61 Å². The van der Waals surface area contributed by atoms with Gasteiger partial charge in [-0.15, -0.1) is 0 Å². The van der Waals surface area contributed by atoms with E-state index in [1.165, 1.54) is 6.07 Å².